The Morgan fingerprint density at radius 3 is 1.62 bits per heavy atom. The predicted octanol–water partition coefficient (Wildman–Crippen LogP) is 12.4. The summed E-state index contributed by atoms with van der Waals surface area (Å²) in [7, 11) is 0. The number of rotatable bonds is 7. The second-order valence-electron chi connectivity index (χ2n) is 14.8. The van der Waals surface area contributed by atoms with Crippen LogP contribution >= 0.6 is 0 Å². The van der Waals surface area contributed by atoms with Gasteiger partial charge in [0.25, 0.3) is 0 Å². The van der Waals surface area contributed by atoms with Gasteiger partial charge in [0.1, 0.15) is 5.82 Å². The van der Waals surface area contributed by atoms with Crippen LogP contribution in [0.4, 0.5) is 22.9 Å². The molecule has 1 aliphatic rings. The summed E-state index contributed by atoms with van der Waals surface area (Å²) in [6.07, 6.45) is 3.67. The van der Waals surface area contributed by atoms with Crippen LogP contribution in [0.2, 0.25) is 0 Å². The summed E-state index contributed by atoms with van der Waals surface area (Å²) in [5.74, 6) is 3.38. The van der Waals surface area contributed by atoms with Gasteiger partial charge >= 0.3 is 17.1 Å². The number of para-hydroxylation sites is 2. The summed E-state index contributed by atoms with van der Waals surface area (Å²) in [6, 6.07) is 35.9. The number of pyridine rings is 2. The van der Waals surface area contributed by atoms with Gasteiger partial charge in [-0.25, -0.2) is 4.98 Å². The van der Waals surface area contributed by atoms with Crippen molar-refractivity contribution >= 4 is 44.7 Å². The predicted molar refractivity (Wildman–Crippen MR) is 218 cm³/mol. The topological polar surface area (TPSA) is 59.3 Å². The van der Waals surface area contributed by atoms with Crippen molar-refractivity contribution in [3.8, 4) is 11.5 Å². The van der Waals surface area contributed by atoms with E-state index in [0.717, 1.165) is 28.2 Å². The van der Waals surface area contributed by atoms with Gasteiger partial charge in [0, 0.05) is 23.8 Å². The van der Waals surface area contributed by atoms with E-state index < -0.39 is 0 Å². The third-order valence-corrected chi connectivity index (χ3v) is 9.84. The summed E-state index contributed by atoms with van der Waals surface area (Å²) in [4.78, 5) is 23.0. The van der Waals surface area contributed by atoms with E-state index in [1.165, 1.54) is 44.4 Å². The maximum atomic E-state index is 4.90. The first kappa shape index (κ1) is 37.8. The van der Waals surface area contributed by atoms with Crippen LogP contribution < -0.4 is 14.8 Å². The zero-order valence-electron chi connectivity index (χ0n) is 31.8. The summed E-state index contributed by atoms with van der Waals surface area (Å²) in [5.41, 5.74) is 11.8. The molecule has 0 saturated carbocycles. The molecule has 0 N–H and O–H groups in total. The van der Waals surface area contributed by atoms with Gasteiger partial charge < -0.3 is 19.8 Å². The van der Waals surface area contributed by atoms with E-state index in [2.05, 4.69) is 154 Å². The second-order valence-corrected chi connectivity index (χ2v) is 14.8. The standard InChI is InChI=1S/C30H38N3.C16H10N3.Cu/c1-19(2)23-12-9-13-24(20(3)4)28(23)32-18-33(30-27(32)16-11-17-31-30)29-25(21(5)6)14-10-15-26(29)22(7)8;1-2-6-12-10-15-14(9-11(12)5-1)18-16(19-15)13-7-3-4-8-17-13;/h9-22H,1-8H3;1-10H;/q2*-1;+2. The molecule has 0 unspecified atom stereocenters. The number of imidazole rings is 1. The fourth-order valence-electron chi connectivity index (χ4n) is 7.17. The van der Waals surface area contributed by atoms with Crippen LogP contribution in [-0.2, 0) is 17.1 Å². The summed E-state index contributed by atoms with van der Waals surface area (Å²) >= 11 is 0. The monoisotopic (exact) mass is 747 g/mol. The van der Waals surface area contributed by atoms with Crippen molar-refractivity contribution in [2.45, 2.75) is 79.1 Å². The fraction of sp³-hybridized carbons (Fsp3) is 0.261. The van der Waals surface area contributed by atoms with E-state index in [1.807, 2.05) is 42.6 Å². The van der Waals surface area contributed by atoms with Crippen molar-refractivity contribution in [3.05, 3.63) is 144 Å². The zero-order chi connectivity index (χ0) is 36.5. The van der Waals surface area contributed by atoms with E-state index >= 15 is 0 Å². The maximum Gasteiger partial charge on any atom is 2.00 e. The second kappa shape index (κ2) is 16.0. The molecular formula is C46H48CuN6. The molecule has 0 atom stereocenters. The molecule has 7 aromatic rings. The molecule has 6 nitrogen and oxygen atoms in total. The number of hydrogen-bond donors (Lipinski definition) is 0. The summed E-state index contributed by atoms with van der Waals surface area (Å²) in [5, 5.41) is 2.37. The van der Waals surface area contributed by atoms with Crippen LogP contribution in [0.5, 0.6) is 0 Å². The minimum atomic E-state index is 0. The minimum absolute atomic E-state index is 0. The smallest absolute Gasteiger partial charge is 0.471 e. The molecule has 0 saturated heterocycles. The number of benzene rings is 4. The van der Waals surface area contributed by atoms with E-state index in [1.54, 1.807) is 6.20 Å². The molecule has 1 radical (unpaired) electrons. The van der Waals surface area contributed by atoms with Gasteiger partial charge in [-0.1, -0.05) is 134 Å². The molecule has 4 heterocycles. The number of fused-ring (bicyclic) bond motifs is 3. The van der Waals surface area contributed by atoms with Gasteiger partial charge in [0.15, 0.2) is 0 Å². The average molecular weight is 748 g/mol. The molecule has 7 heteroatoms. The zero-order valence-corrected chi connectivity index (χ0v) is 32.8. The number of hydrogen-bond acceptors (Lipinski definition) is 5. The van der Waals surface area contributed by atoms with Crippen molar-refractivity contribution in [2.24, 2.45) is 0 Å². The molecule has 8 rings (SSSR count). The fourth-order valence-corrected chi connectivity index (χ4v) is 7.17. The summed E-state index contributed by atoms with van der Waals surface area (Å²) < 4.78 is 0. The Labute approximate surface area is 325 Å². The Hall–Kier alpha value is -4.97. The van der Waals surface area contributed by atoms with Gasteiger partial charge in [-0.05, 0) is 97.8 Å². The molecular weight excluding hydrogens is 700 g/mol. The molecule has 4 aromatic carbocycles. The largest absolute Gasteiger partial charge is 2.00 e. The molecule has 3 aromatic heterocycles. The van der Waals surface area contributed by atoms with Crippen molar-refractivity contribution < 1.29 is 17.1 Å². The Kier molecular flexibility index (Phi) is 11.4. The molecule has 0 amide bonds. The van der Waals surface area contributed by atoms with Gasteiger partial charge in [-0.3, -0.25) is 4.98 Å². The third kappa shape index (κ3) is 7.46. The van der Waals surface area contributed by atoms with Crippen LogP contribution in [0.1, 0.15) is 101 Å². The van der Waals surface area contributed by atoms with Crippen LogP contribution in [-0.4, -0.2) is 15.0 Å². The van der Waals surface area contributed by atoms with Crippen molar-refractivity contribution in [1.82, 2.24) is 19.9 Å². The quantitative estimate of drug-likeness (QED) is 0.119. The van der Waals surface area contributed by atoms with Gasteiger partial charge in [-0.15, -0.1) is 6.67 Å². The molecule has 273 valence electrons. The number of aromatic nitrogens is 4. The summed E-state index contributed by atoms with van der Waals surface area (Å²) in [6.45, 7) is 20.5. The van der Waals surface area contributed by atoms with Gasteiger partial charge in [0.2, 0.25) is 0 Å². The Balaban J connectivity index is 0.000000203. The first-order valence-electron chi connectivity index (χ1n) is 18.5. The molecule has 0 aliphatic carbocycles. The van der Waals surface area contributed by atoms with E-state index in [0.29, 0.717) is 29.5 Å². The van der Waals surface area contributed by atoms with Crippen molar-refractivity contribution in [2.75, 3.05) is 9.80 Å². The van der Waals surface area contributed by atoms with Gasteiger partial charge in [-0.2, -0.15) is 0 Å². The molecule has 1 aliphatic heterocycles. The van der Waals surface area contributed by atoms with Crippen molar-refractivity contribution in [3.63, 3.8) is 0 Å². The third-order valence-electron chi connectivity index (χ3n) is 9.84. The first-order valence-corrected chi connectivity index (χ1v) is 18.5. The van der Waals surface area contributed by atoms with Crippen LogP contribution in [0.15, 0.2) is 116 Å². The molecule has 53 heavy (non-hydrogen) atoms. The maximum absolute atomic E-state index is 4.90. The average Bonchev–Trinajstić information content (AvgIpc) is 3.75. The van der Waals surface area contributed by atoms with E-state index in [4.69, 9.17) is 4.98 Å². The number of nitrogens with zero attached hydrogens (tertiary/aromatic N) is 6. The van der Waals surface area contributed by atoms with Crippen LogP contribution in [0.25, 0.3) is 33.3 Å². The molecule has 0 bridgehead atoms. The minimum Gasteiger partial charge on any atom is -0.471 e. The van der Waals surface area contributed by atoms with E-state index in [9.17, 15) is 0 Å². The normalized spacial score (nSPS) is 12.5. The van der Waals surface area contributed by atoms with Crippen molar-refractivity contribution in [1.29, 1.82) is 0 Å². The van der Waals surface area contributed by atoms with Crippen LogP contribution in [0, 0.1) is 6.67 Å². The van der Waals surface area contributed by atoms with Gasteiger partial charge in [0.05, 0.1) is 11.4 Å². The first-order chi connectivity index (χ1) is 25.1. The SMILES string of the molecule is CC(C)c1cccc(C(C)C)c1N1[CH-]N(c2c(C(C)C)cccc2C(C)C)c2ncccc21.[Cu+2].c1ccc(-c2nc3cc4ccccc4cc3[n-]2)nc1. The Morgan fingerprint density at radius 2 is 1.08 bits per heavy atom. The van der Waals surface area contributed by atoms with E-state index in [-0.39, 0.29) is 17.1 Å². The van der Waals surface area contributed by atoms with Crippen LogP contribution in [0.3, 0.4) is 0 Å². The Morgan fingerprint density at radius 1 is 0.547 bits per heavy atom. The molecule has 0 spiro atoms. The Bertz CT molecular complexity index is 2130. The number of anilines is 4. The molecule has 0 fully saturated rings.